The summed E-state index contributed by atoms with van der Waals surface area (Å²) in [6.45, 7) is 1.62. The first-order chi connectivity index (χ1) is 9.67. The molecule has 2 aromatic rings. The van der Waals surface area contributed by atoms with Crippen LogP contribution in [0.25, 0.3) is 0 Å². The standard InChI is InChI=1S/C16H16ClNOS/c1-18(12-15-7-8-16(17)20-15)11-14-5-2-4-13(10-14)6-3-9-19/h2,4-5,7-8,10,19H,9,11-12H2,1H3. The van der Waals surface area contributed by atoms with E-state index >= 15 is 0 Å². The van der Waals surface area contributed by atoms with Crippen molar-refractivity contribution >= 4 is 22.9 Å². The van der Waals surface area contributed by atoms with E-state index < -0.39 is 0 Å². The van der Waals surface area contributed by atoms with Gasteiger partial charge in [0.2, 0.25) is 0 Å². The van der Waals surface area contributed by atoms with Gasteiger partial charge in [-0.2, -0.15) is 0 Å². The Balaban J connectivity index is 1.98. The van der Waals surface area contributed by atoms with Gasteiger partial charge < -0.3 is 5.11 Å². The van der Waals surface area contributed by atoms with Crippen molar-refractivity contribution < 1.29 is 5.11 Å². The summed E-state index contributed by atoms with van der Waals surface area (Å²) in [4.78, 5) is 3.49. The summed E-state index contributed by atoms with van der Waals surface area (Å²) in [7, 11) is 2.08. The number of hydrogen-bond donors (Lipinski definition) is 1. The summed E-state index contributed by atoms with van der Waals surface area (Å²) in [6.07, 6.45) is 0. The first-order valence-electron chi connectivity index (χ1n) is 6.29. The van der Waals surface area contributed by atoms with Crippen molar-refractivity contribution in [2.45, 2.75) is 13.1 Å². The van der Waals surface area contributed by atoms with Crippen molar-refractivity contribution in [2.24, 2.45) is 0 Å². The molecule has 0 radical (unpaired) electrons. The summed E-state index contributed by atoms with van der Waals surface area (Å²) >= 11 is 7.55. The zero-order valence-electron chi connectivity index (χ0n) is 11.3. The number of halogens is 1. The number of aliphatic hydroxyl groups is 1. The smallest absolute Gasteiger partial charge is 0.104 e. The summed E-state index contributed by atoms with van der Waals surface area (Å²) in [5.74, 6) is 5.59. The van der Waals surface area contributed by atoms with E-state index in [4.69, 9.17) is 16.7 Å². The lowest BCUT2D eigenvalue weighted by Gasteiger charge is -2.15. The third kappa shape index (κ3) is 4.66. The van der Waals surface area contributed by atoms with E-state index in [1.807, 2.05) is 18.2 Å². The quantitative estimate of drug-likeness (QED) is 0.875. The van der Waals surface area contributed by atoms with Gasteiger partial charge >= 0.3 is 0 Å². The molecule has 0 aliphatic heterocycles. The minimum atomic E-state index is -0.108. The molecule has 0 amide bonds. The minimum absolute atomic E-state index is 0.108. The molecule has 2 nitrogen and oxygen atoms in total. The zero-order valence-corrected chi connectivity index (χ0v) is 12.8. The van der Waals surface area contributed by atoms with E-state index in [-0.39, 0.29) is 6.61 Å². The lowest BCUT2D eigenvalue weighted by atomic mass is 10.1. The van der Waals surface area contributed by atoms with Gasteiger partial charge in [0.25, 0.3) is 0 Å². The highest BCUT2D eigenvalue weighted by Crippen LogP contribution is 2.22. The van der Waals surface area contributed by atoms with Gasteiger partial charge in [-0.25, -0.2) is 0 Å². The summed E-state index contributed by atoms with van der Waals surface area (Å²) in [5, 5.41) is 8.72. The summed E-state index contributed by atoms with van der Waals surface area (Å²) in [5.41, 5.74) is 2.14. The van der Waals surface area contributed by atoms with Crippen molar-refractivity contribution in [2.75, 3.05) is 13.7 Å². The van der Waals surface area contributed by atoms with Crippen molar-refractivity contribution in [3.8, 4) is 11.8 Å². The first kappa shape index (κ1) is 15.1. The molecule has 0 unspecified atom stereocenters. The Labute approximate surface area is 128 Å². The molecule has 0 spiro atoms. The van der Waals surface area contributed by atoms with Crippen LogP contribution in [0.4, 0.5) is 0 Å². The van der Waals surface area contributed by atoms with Crippen molar-refractivity contribution in [3.63, 3.8) is 0 Å². The van der Waals surface area contributed by atoms with E-state index in [0.717, 1.165) is 23.0 Å². The van der Waals surface area contributed by atoms with Gasteiger partial charge in [-0.05, 0) is 36.9 Å². The monoisotopic (exact) mass is 305 g/mol. The maximum Gasteiger partial charge on any atom is 0.104 e. The molecule has 0 aliphatic rings. The molecule has 0 bridgehead atoms. The Morgan fingerprint density at radius 3 is 2.80 bits per heavy atom. The summed E-state index contributed by atoms with van der Waals surface area (Å²) in [6, 6.07) is 12.1. The molecule has 0 saturated heterocycles. The minimum Gasteiger partial charge on any atom is -0.384 e. The fourth-order valence-electron chi connectivity index (χ4n) is 1.96. The van der Waals surface area contributed by atoms with Gasteiger partial charge in [0, 0.05) is 23.5 Å². The molecule has 2 rings (SSSR count). The predicted molar refractivity (Wildman–Crippen MR) is 84.9 cm³/mol. The third-order valence-electron chi connectivity index (χ3n) is 2.75. The van der Waals surface area contributed by atoms with E-state index in [0.29, 0.717) is 0 Å². The van der Waals surface area contributed by atoms with E-state index in [2.05, 4.69) is 42.0 Å². The maximum atomic E-state index is 8.72. The van der Waals surface area contributed by atoms with Crippen LogP contribution in [0.15, 0.2) is 36.4 Å². The molecule has 1 heterocycles. The van der Waals surface area contributed by atoms with E-state index in [1.54, 1.807) is 11.3 Å². The van der Waals surface area contributed by atoms with Crippen LogP contribution >= 0.6 is 22.9 Å². The van der Waals surface area contributed by atoms with Crippen LogP contribution in [-0.4, -0.2) is 23.7 Å². The van der Waals surface area contributed by atoms with Gasteiger partial charge in [-0.1, -0.05) is 35.6 Å². The Kier molecular flexibility index (Phi) is 5.63. The van der Waals surface area contributed by atoms with Gasteiger partial charge in [0.15, 0.2) is 0 Å². The van der Waals surface area contributed by atoms with Gasteiger partial charge in [-0.15, -0.1) is 11.3 Å². The Hall–Kier alpha value is -1.31. The molecule has 0 aliphatic carbocycles. The number of benzene rings is 1. The Bertz CT molecular complexity index is 627. The average Bonchev–Trinajstić information content (AvgIpc) is 2.82. The molecular formula is C16H16ClNOS. The highest BCUT2D eigenvalue weighted by Gasteiger charge is 2.04. The van der Waals surface area contributed by atoms with Crippen molar-refractivity contribution in [1.29, 1.82) is 0 Å². The van der Waals surface area contributed by atoms with Crippen LogP contribution in [0.5, 0.6) is 0 Å². The van der Waals surface area contributed by atoms with Crippen molar-refractivity contribution in [1.82, 2.24) is 4.90 Å². The SMILES string of the molecule is CN(Cc1cccc(C#CCO)c1)Cc1ccc(Cl)s1. The van der Waals surface area contributed by atoms with Gasteiger partial charge in [0.05, 0.1) is 4.34 Å². The molecule has 0 atom stereocenters. The van der Waals surface area contributed by atoms with Crippen LogP contribution in [0.3, 0.4) is 0 Å². The highest BCUT2D eigenvalue weighted by molar-refractivity contribution is 7.16. The van der Waals surface area contributed by atoms with Crippen LogP contribution < -0.4 is 0 Å². The number of hydrogen-bond acceptors (Lipinski definition) is 3. The molecule has 1 aromatic carbocycles. The van der Waals surface area contributed by atoms with Crippen LogP contribution in [0, 0.1) is 11.8 Å². The molecular weight excluding hydrogens is 290 g/mol. The Morgan fingerprint density at radius 1 is 1.25 bits per heavy atom. The van der Waals surface area contributed by atoms with Gasteiger partial charge in [0.1, 0.15) is 6.61 Å². The fraction of sp³-hybridized carbons (Fsp3) is 0.250. The van der Waals surface area contributed by atoms with Crippen LogP contribution in [0.2, 0.25) is 4.34 Å². The van der Waals surface area contributed by atoms with Crippen molar-refractivity contribution in [3.05, 3.63) is 56.7 Å². The second-order valence-corrected chi connectivity index (χ2v) is 6.34. The second-order valence-electron chi connectivity index (χ2n) is 4.54. The average molecular weight is 306 g/mol. The fourth-order valence-corrected chi connectivity index (χ4v) is 3.13. The third-order valence-corrected chi connectivity index (χ3v) is 3.96. The normalized spacial score (nSPS) is 10.4. The maximum absolute atomic E-state index is 8.72. The number of rotatable bonds is 4. The number of thiophene rings is 1. The largest absolute Gasteiger partial charge is 0.384 e. The lowest BCUT2D eigenvalue weighted by molar-refractivity contribution is 0.322. The summed E-state index contributed by atoms with van der Waals surface area (Å²) < 4.78 is 0.828. The molecule has 1 aromatic heterocycles. The molecule has 1 N–H and O–H groups in total. The first-order valence-corrected chi connectivity index (χ1v) is 7.48. The molecule has 104 valence electrons. The van der Waals surface area contributed by atoms with E-state index in [1.165, 1.54) is 10.4 Å². The Morgan fingerprint density at radius 2 is 2.10 bits per heavy atom. The molecule has 4 heteroatoms. The molecule has 20 heavy (non-hydrogen) atoms. The van der Waals surface area contributed by atoms with Crippen LogP contribution in [0.1, 0.15) is 16.0 Å². The zero-order chi connectivity index (χ0) is 14.4. The predicted octanol–water partition coefficient (Wildman–Crippen LogP) is 3.38. The molecule has 0 saturated carbocycles. The molecule has 0 fully saturated rings. The van der Waals surface area contributed by atoms with Gasteiger partial charge in [-0.3, -0.25) is 4.90 Å². The number of nitrogens with zero attached hydrogens (tertiary/aromatic N) is 1. The second kappa shape index (κ2) is 7.47. The lowest BCUT2D eigenvalue weighted by Crippen LogP contribution is -2.16. The van der Waals surface area contributed by atoms with E-state index in [9.17, 15) is 0 Å². The number of aliphatic hydroxyl groups excluding tert-OH is 1. The highest BCUT2D eigenvalue weighted by atomic mass is 35.5. The van der Waals surface area contributed by atoms with Crippen LogP contribution in [-0.2, 0) is 13.1 Å². The topological polar surface area (TPSA) is 23.5 Å².